The van der Waals surface area contributed by atoms with Gasteiger partial charge in [-0.15, -0.1) is 0 Å². The summed E-state index contributed by atoms with van der Waals surface area (Å²) in [4.78, 5) is 11.0. The highest BCUT2D eigenvalue weighted by molar-refractivity contribution is 5.89. The summed E-state index contributed by atoms with van der Waals surface area (Å²) in [5, 5.41) is 15.5. The number of hydrogen-bond donors (Lipinski definition) is 3. The number of anilines is 2. The number of aliphatic hydroxyl groups is 1. The van der Waals surface area contributed by atoms with Crippen LogP contribution in [-0.4, -0.2) is 36.4 Å². The van der Waals surface area contributed by atoms with E-state index in [2.05, 4.69) is 10.6 Å². The Morgan fingerprint density at radius 2 is 2.05 bits per heavy atom. The number of ether oxygens (including phenoxy) is 1. The normalized spacial score (nSPS) is 12.3. The SMILES string of the molecule is CC(=O)Nc1cccc(NCC(O)COC(C)C)c1. The average Bonchev–Trinajstić information content (AvgIpc) is 2.33. The van der Waals surface area contributed by atoms with Crippen molar-refractivity contribution >= 4 is 17.3 Å². The quantitative estimate of drug-likeness (QED) is 0.704. The van der Waals surface area contributed by atoms with Crippen LogP contribution in [0, 0.1) is 0 Å². The minimum absolute atomic E-state index is 0.109. The highest BCUT2D eigenvalue weighted by atomic mass is 16.5. The number of benzene rings is 1. The van der Waals surface area contributed by atoms with Crippen LogP contribution in [0.2, 0.25) is 0 Å². The summed E-state index contributed by atoms with van der Waals surface area (Å²) < 4.78 is 5.32. The molecular formula is C14H22N2O3. The van der Waals surface area contributed by atoms with Gasteiger partial charge in [0.2, 0.25) is 5.91 Å². The first-order chi connectivity index (χ1) is 8.97. The molecule has 0 spiro atoms. The van der Waals surface area contributed by atoms with Crippen LogP contribution in [0.5, 0.6) is 0 Å². The van der Waals surface area contributed by atoms with Gasteiger partial charge in [0.1, 0.15) is 0 Å². The van der Waals surface area contributed by atoms with Gasteiger partial charge in [0.25, 0.3) is 0 Å². The smallest absolute Gasteiger partial charge is 0.221 e. The van der Waals surface area contributed by atoms with E-state index >= 15 is 0 Å². The molecule has 0 saturated heterocycles. The summed E-state index contributed by atoms with van der Waals surface area (Å²) >= 11 is 0. The average molecular weight is 266 g/mol. The first-order valence-electron chi connectivity index (χ1n) is 6.38. The molecule has 0 heterocycles. The number of hydrogen-bond acceptors (Lipinski definition) is 4. The van der Waals surface area contributed by atoms with Gasteiger partial charge in [-0.1, -0.05) is 6.07 Å². The van der Waals surface area contributed by atoms with Crippen molar-refractivity contribution in [2.75, 3.05) is 23.8 Å². The lowest BCUT2D eigenvalue weighted by Crippen LogP contribution is -2.26. The summed E-state index contributed by atoms with van der Waals surface area (Å²) in [6.07, 6.45) is -0.454. The van der Waals surface area contributed by atoms with E-state index < -0.39 is 6.10 Å². The Balaban J connectivity index is 2.42. The number of amides is 1. The molecule has 0 bridgehead atoms. The molecule has 1 aromatic rings. The van der Waals surface area contributed by atoms with Crippen molar-refractivity contribution in [2.24, 2.45) is 0 Å². The standard InChI is InChI=1S/C14H22N2O3/c1-10(2)19-9-14(18)8-15-12-5-4-6-13(7-12)16-11(3)17/h4-7,10,14-15,18H,8-9H2,1-3H3,(H,16,17). The summed E-state index contributed by atoms with van der Waals surface area (Å²) in [6, 6.07) is 7.34. The van der Waals surface area contributed by atoms with E-state index in [1.165, 1.54) is 6.92 Å². The first-order valence-corrected chi connectivity index (χ1v) is 6.38. The van der Waals surface area contributed by atoms with E-state index in [4.69, 9.17) is 4.74 Å². The number of carbonyl (C=O) groups excluding carboxylic acids is 1. The molecule has 5 heteroatoms. The first kappa shape index (κ1) is 15.5. The third kappa shape index (κ3) is 6.79. The fraction of sp³-hybridized carbons (Fsp3) is 0.500. The Hall–Kier alpha value is -1.59. The van der Waals surface area contributed by atoms with Crippen molar-refractivity contribution in [2.45, 2.75) is 33.0 Å². The van der Waals surface area contributed by atoms with Crippen molar-refractivity contribution in [3.8, 4) is 0 Å². The maximum absolute atomic E-state index is 11.0. The predicted octanol–water partition coefficient (Wildman–Crippen LogP) is 1.84. The highest BCUT2D eigenvalue weighted by Gasteiger charge is 2.06. The minimum atomic E-state index is -0.563. The van der Waals surface area contributed by atoms with E-state index in [1.807, 2.05) is 38.1 Å². The van der Waals surface area contributed by atoms with Crippen LogP contribution in [0.1, 0.15) is 20.8 Å². The maximum Gasteiger partial charge on any atom is 0.221 e. The molecule has 1 aromatic carbocycles. The van der Waals surface area contributed by atoms with Crippen LogP contribution < -0.4 is 10.6 Å². The maximum atomic E-state index is 11.0. The summed E-state index contributed by atoms with van der Waals surface area (Å²) in [6.45, 7) is 6.02. The van der Waals surface area contributed by atoms with Gasteiger partial charge in [0, 0.05) is 24.8 Å². The minimum Gasteiger partial charge on any atom is -0.389 e. The van der Waals surface area contributed by atoms with Gasteiger partial charge in [-0.2, -0.15) is 0 Å². The van der Waals surface area contributed by atoms with Crippen LogP contribution >= 0.6 is 0 Å². The van der Waals surface area contributed by atoms with Gasteiger partial charge in [-0.3, -0.25) is 4.79 Å². The zero-order valence-corrected chi connectivity index (χ0v) is 11.6. The van der Waals surface area contributed by atoms with Crippen LogP contribution in [0.4, 0.5) is 11.4 Å². The molecule has 0 saturated carbocycles. The van der Waals surface area contributed by atoms with E-state index in [0.717, 1.165) is 11.4 Å². The fourth-order valence-corrected chi connectivity index (χ4v) is 1.51. The van der Waals surface area contributed by atoms with Gasteiger partial charge in [-0.05, 0) is 32.0 Å². The molecule has 0 aliphatic carbocycles. The molecule has 1 rings (SSSR count). The molecule has 3 N–H and O–H groups in total. The lowest BCUT2D eigenvalue weighted by molar-refractivity contribution is -0.114. The second kappa shape index (κ2) is 7.76. The van der Waals surface area contributed by atoms with E-state index in [-0.39, 0.29) is 12.0 Å². The largest absolute Gasteiger partial charge is 0.389 e. The zero-order valence-electron chi connectivity index (χ0n) is 11.6. The monoisotopic (exact) mass is 266 g/mol. The van der Waals surface area contributed by atoms with Crippen molar-refractivity contribution in [1.82, 2.24) is 0 Å². The summed E-state index contributed by atoms with van der Waals surface area (Å²) in [5.41, 5.74) is 1.57. The summed E-state index contributed by atoms with van der Waals surface area (Å²) in [7, 11) is 0. The predicted molar refractivity (Wildman–Crippen MR) is 76.3 cm³/mol. The van der Waals surface area contributed by atoms with Crippen LogP contribution in [-0.2, 0) is 9.53 Å². The molecule has 19 heavy (non-hydrogen) atoms. The van der Waals surface area contributed by atoms with Gasteiger partial charge in [0.05, 0.1) is 18.8 Å². The van der Waals surface area contributed by atoms with Crippen molar-refractivity contribution in [1.29, 1.82) is 0 Å². The number of carbonyl (C=O) groups is 1. The third-order valence-corrected chi connectivity index (χ3v) is 2.35. The van der Waals surface area contributed by atoms with Gasteiger partial charge in [-0.25, -0.2) is 0 Å². The highest BCUT2D eigenvalue weighted by Crippen LogP contribution is 2.14. The molecule has 0 fully saturated rings. The van der Waals surface area contributed by atoms with Crippen LogP contribution in [0.15, 0.2) is 24.3 Å². The molecule has 106 valence electrons. The molecule has 1 unspecified atom stereocenters. The van der Waals surface area contributed by atoms with Gasteiger partial charge >= 0.3 is 0 Å². The molecule has 5 nitrogen and oxygen atoms in total. The second-order valence-corrected chi connectivity index (χ2v) is 4.68. The van der Waals surface area contributed by atoms with Crippen molar-refractivity contribution < 1.29 is 14.6 Å². The molecule has 0 aromatic heterocycles. The Morgan fingerprint density at radius 3 is 2.68 bits per heavy atom. The molecule has 0 aliphatic heterocycles. The molecule has 0 aliphatic rings. The Bertz CT molecular complexity index is 407. The van der Waals surface area contributed by atoms with Gasteiger partial charge < -0.3 is 20.5 Å². The number of nitrogens with one attached hydrogen (secondary N) is 2. The molecular weight excluding hydrogens is 244 g/mol. The molecule has 1 atom stereocenters. The lowest BCUT2D eigenvalue weighted by Gasteiger charge is -2.15. The Kier molecular flexibility index (Phi) is 6.32. The van der Waals surface area contributed by atoms with Crippen LogP contribution in [0.25, 0.3) is 0 Å². The molecule has 0 radical (unpaired) electrons. The Morgan fingerprint density at radius 1 is 1.37 bits per heavy atom. The Labute approximate surface area is 114 Å². The number of aliphatic hydroxyl groups excluding tert-OH is 1. The van der Waals surface area contributed by atoms with E-state index in [9.17, 15) is 9.90 Å². The van der Waals surface area contributed by atoms with Crippen molar-refractivity contribution in [3.63, 3.8) is 0 Å². The van der Waals surface area contributed by atoms with E-state index in [0.29, 0.717) is 13.2 Å². The van der Waals surface area contributed by atoms with Gasteiger partial charge in [0.15, 0.2) is 0 Å². The zero-order chi connectivity index (χ0) is 14.3. The topological polar surface area (TPSA) is 70.6 Å². The third-order valence-electron chi connectivity index (χ3n) is 2.35. The fourth-order valence-electron chi connectivity index (χ4n) is 1.51. The van der Waals surface area contributed by atoms with E-state index in [1.54, 1.807) is 0 Å². The summed E-state index contributed by atoms with van der Waals surface area (Å²) in [5.74, 6) is -0.109. The second-order valence-electron chi connectivity index (χ2n) is 4.68. The number of rotatable bonds is 7. The van der Waals surface area contributed by atoms with Crippen LogP contribution in [0.3, 0.4) is 0 Å². The lowest BCUT2D eigenvalue weighted by atomic mass is 10.2. The molecule has 1 amide bonds. The van der Waals surface area contributed by atoms with Crippen molar-refractivity contribution in [3.05, 3.63) is 24.3 Å².